The number of hydrogen-bond acceptors (Lipinski definition) is 2. The molecule has 0 aliphatic carbocycles. The summed E-state index contributed by atoms with van der Waals surface area (Å²) < 4.78 is 0. The minimum Gasteiger partial charge on any atom is -0.369 e. The van der Waals surface area contributed by atoms with E-state index in [2.05, 4.69) is 29.4 Å². The van der Waals surface area contributed by atoms with Crippen molar-refractivity contribution in [2.75, 3.05) is 0 Å². The monoisotopic (exact) mass is 242 g/mol. The van der Waals surface area contributed by atoms with Crippen LogP contribution in [-0.2, 0) is 0 Å². The minimum atomic E-state index is 0.198. The van der Waals surface area contributed by atoms with E-state index in [1.54, 1.807) is 12.4 Å². The molecule has 86 valence electrons. The molecular weight excluding hydrogens is 228 g/mol. The van der Waals surface area contributed by atoms with Crippen LogP contribution in [0.2, 0.25) is 0 Å². The Morgan fingerprint density at radius 2 is 1.94 bits per heavy atom. The maximum Gasteiger partial charge on any atom is 0.108 e. The summed E-state index contributed by atoms with van der Waals surface area (Å²) in [4.78, 5) is 4.79. The summed E-state index contributed by atoms with van der Waals surface area (Å²) in [6, 6.07) is 14.3. The normalized spacial score (nSPS) is 11.8. The van der Waals surface area contributed by atoms with Crippen LogP contribution in [0.4, 0.5) is 0 Å². The predicted molar refractivity (Wildman–Crippen MR) is 73.9 cm³/mol. The Morgan fingerprint density at radius 1 is 1.18 bits per heavy atom. The molecule has 2 aromatic rings. The van der Waals surface area contributed by atoms with E-state index in [4.69, 9.17) is 12.2 Å². The third-order valence-corrected chi connectivity index (χ3v) is 2.92. The first-order valence-electron chi connectivity index (χ1n) is 5.53. The second kappa shape index (κ2) is 5.55. The molecule has 0 fully saturated rings. The van der Waals surface area contributed by atoms with Crippen LogP contribution in [0.15, 0.2) is 54.9 Å². The van der Waals surface area contributed by atoms with Crippen LogP contribution in [0.25, 0.3) is 0 Å². The van der Waals surface area contributed by atoms with Gasteiger partial charge in [0.05, 0.1) is 0 Å². The van der Waals surface area contributed by atoms with Gasteiger partial charge in [-0.3, -0.25) is 4.98 Å². The van der Waals surface area contributed by atoms with Gasteiger partial charge in [0.15, 0.2) is 0 Å². The van der Waals surface area contributed by atoms with Gasteiger partial charge in [0, 0.05) is 24.0 Å². The lowest BCUT2D eigenvalue weighted by Gasteiger charge is -2.16. The van der Waals surface area contributed by atoms with E-state index >= 15 is 0 Å². The fraction of sp³-hybridized carbons (Fsp3) is 0.143. The van der Waals surface area contributed by atoms with Gasteiger partial charge >= 0.3 is 0 Å². The van der Waals surface area contributed by atoms with Gasteiger partial charge in [-0.25, -0.2) is 0 Å². The maximum atomic E-state index is 5.35. The molecule has 0 saturated carbocycles. The summed E-state index contributed by atoms with van der Waals surface area (Å²) >= 11 is 5.35. The predicted octanol–water partition coefficient (Wildman–Crippen LogP) is 3.11. The van der Waals surface area contributed by atoms with E-state index in [-0.39, 0.29) is 6.04 Å². The van der Waals surface area contributed by atoms with E-state index in [1.165, 1.54) is 5.56 Å². The second-order valence-corrected chi connectivity index (χ2v) is 4.26. The van der Waals surface area contributed by atoms with Crippen LogP contribution < -0.4 is 5.32 Å². The zero-order chi connectivity index (χ0) is 12.1. The number of benzene rings is 1. The van der Waals surface area contributed by atoms with E-state index in [9.17, 15) is 0 Å². The molecule has 17 heavy (non-hydrogen) atoms. The first-order chi connectivity index (χ1) is 8.27. The Labute approximate surface area is 107 Å². The molecule has 0 aliphatic heterocycles. The Balaban J connectivity index is 2.05. The van der Waals surface area contributed by atoms with E-state index < -0.39 is 0 Å². The van der Waals surface area contributed by atoms with Crippen LogP contribution in [0.5, 0.6) is 0 Å². The highest BCUT2D eigenvalue weighted by Gasteiger charge is 2.07. The van der Waals surface area contributed by atoms with Crippen molar-refractivity contribution < 1.29 is 0 Å². The SMILES string of the molecule is CC(NC(=S)c1cccnc1)c1ccccc1. The first kappa shape index (κ1) is 11.7. The molecular formula is C14H14N2S. The number of rotatable bonds is 3. The Bertz CT molecular complexity index is 482. The summed E-state index contributed by atoms with van der Waals surface area (Å²) in [6.45, 7) is 2.10. The highest BCUT2D eigenvalue weighted by molar-refractivity contribution is 7.80. The Hall–Kier alpha value is -1.74. The van der Waals surface area contributed by atoms with Crippen LogP contribution in [0.3, 0.4) is 0 Å². The quantitative estimate of drug-likeness (QED) is 0.837. The van der Waals surface area contributed by atoms with Crippen LogP contribution in [0, 0.1) is 0 Å². The van der Waals surface area contributed by atoms with Crippen molar-refractivity contribution >= 4 is 17.2 Å². The van der Waals surface area contributed by atoms with Crippen molar-refractivity contribution in [3.05, 3.63) is 66.0 Å². The molecule has 0 spiro atoms. The zero-order valence-corrected chi connectivity index (χ0v) is 10.4. The summed E-state index contributed by atoms with van der Waals surface area (Å²) in [7, 11) is 0. The number of nitrogens with zero attached hydrogens (tertiary/aromatic N) is 1. The summed E-state index contributed by atoms with van der Waals surface area (Å²) in [5.74, 6) is 0. The molecule has 0 bridgehead atoms. The third-order valence-electron chi connectivity index (χ3n) is 2.57. The van der Waals surface area contributed by atoms with Gasteiger partial charge in [-0.15, -0.1) is 0 Å². The molecule has 2 nitrogen and oxygen atoms in total. The lowest BCUT2D eigenvalue weighted by molar-refractivity contribution is 0.724. The summed E-state index contributed by atoms with van der Waals surface area (Å²) in [6.07, 6.45) is 3.51. The van der Waals surface area contributed by atoms with Gasteiger partial charge in [-0.1, -0.05) is 42.5 Å². The van der Waals surface area contributed by atoms with Gasteiger partial charge in [-0.05, 0) is 24.6 Å². The standard InChI is InChI=1S/C14H14N2S/c1-11(12-6-3-2-4-7-12)16-14(17)13-8-5-9-15-10-13/h2-11H,1H3,(H,16,17). The molecule has 0 radical (unpaired) electrons. The van der Waals surface area contributed by atoms with E-state index in [1.807, 2.05) is 30.3 Å². The van der Waals surface area contributed by atoms with Crippen molar-refractivity contribution in [1.82, 2.24) is 10.3 Å². The molecule has 1 N–H and O–H groups in total. The van der Waals surface area contributed by atoms with E-state index in [0.29, 0.717) is 0 Å². The number of hydrogen-bond donors (Lipinski definition) is 1. The number of pyridine rings is 1. The largest absolute Gasteiger partial charge is 0.369 e. The van der Waals surface area contributed by atoms with Gasteiger partial charge in [0.25, 0.3) is 0 Å². The van der Waals surface area contributed by atoms with Crippen molar-refractivity contribution in [2.45, 2.75) is 13.0 Å². The highest BCUT2D eigenvalue weighted by atomic mass is 32.1. The van der Waals surface area contributed by atoms with Crippen molar-refractivity contribution in [2.24, 2.45) is 0 Å². The van der Waals surface area contributed by atoms with Crippen molar-refractivity contribution in [3.63, 3.8) is 0 Å². The van der Waals surface area contributed by atoms with Gasteiger partial charge in [-0.2, -0.15) is 0 Å². The number of aromatic nitrogens is 1. The number of nitrogens with one attached hydrogen (secondary N) is 1. The summed E-state index contributed by atoms with van der Waals surface area (Å²) in [5.41, 5.74) is 2.17. The molecule has 0 aliphatic rings. The molecule has 1 aromatic heterocycles. The lowest BCUT2D eigenvalue weighted by atomic mass is 10.1. The van der Waals surface area contributed by atoms with Crippen molar-refractivity contribution in [3.8, 4) is 0 Å². The minimum absolute atomic E-state index is 0.198. The molecule has 1 heterocycles. The van der Waals surface area contributed by atoms with Crippen LogP contribution in [-0.4, -0.2) is 9.97 Å². The van der Waals surface area contributed by atoms with Crippen LogP contribution >= 0.6 is 12.2 Å². The molecule has 1 aromatic carbocycles. The lowest BCUT2D eigenvalue weighted by Crippen LogP contribution is -2.25. The smallest absolute Gasteiger partial charge is 0.108 e. The van der Waals surface area contributed by atoms with Crippen molar-refractivity contribution in [1.29, 1.82) is 0 Å². The van der Waals surface area contributed by atoms with E-state index in [0.717, 1.165) is 10.6 Å². The molecule has 0 amide bonds. The van der Waals surface area contributed by atoms with Gasteiger partial charge in [0.1, 0.15) is 4.99 Å². The third kappa shape index (κ3) is 3.11. The Morgan fingerprint density at radius 3 is 2.59 bits per heavy atom. The summed E-state index contributed by atoms with van der Waals surface area (Å²) in [5, 5.41) is 3.30. The molecule has 3 heteroatoms. The topological polar surface area (TPSA) is 24.9 Å². The number of thiocarbonyl (C=S) groups is 1. The second-order valence-electron chi connectivity index (χ2n) is 3.85. The maximum absolute atomic E-state index is 5.35. The fourth-order valence-electron chi connectivity index (χ4n) is 1.60. The van der Waals surface area contributed by atoms with Gasteiger partial charge < -0.3 is 5.32 Å². The molecule has 2 rings (SSSR count). The molecule has 1 unspecified atom stereocenters. The zero-order valence-electron chi connectivity index (χ0n) is 9.63. The Kier molecular flexibility index (Phi) is 3.83. The first-order valence-corrected chi connectivity index (χ1v) is 5.94. The van der Waals surface area contributed by atoms with Crippen LogP contribution in [0.1, 0.15) is 24.1 Å². The average Bonchev–Trinajstić information content (AvgIpc) is 2.40. The molecule has 0 saturated heterocycles. The molecule has 1 atom stereocenters. The highest BCUT2D eigenvalue weighted by Crippen LogP contribution is 2.12. The van der Waals surface area contributed by atoms with Gasteiger partial charge in [0.2, 0.25) is 0 Å². The fourth-order valence-corrected chi connectivity index (χ4v) is 1.90. The average molecular weight is 242 g/mol.